The maximum atomic E-state index is 11.9. The second-order valence-corrected chi connectivity index (χ2v) is 9.61. The van der Waals surface area contributed by atoms with Crippen LogP contribution < -0.4 is 5.32 Å². The first-order valence-corrected chi connectivity index (χ1v) is 10.3. The van der Waals surface area contributed by atoms with E-state index in [1.165, 1.54) is 12.8 Å². The Kier molecular flexibility index (Phi) is 5.06. The van der Waals surface area contributed by atoms with Gasteiger partial charge in [0.05, 0.1) is 5.75 Å². The van der Waals surface area contributed by atoms with E-state index in [0.29, 0.717) is 12.3 Å². The van der Waals surface area contributed by atoms with Gasteiger partial charge in [-0.15, -0.1) is 0 Å². The van der Waals surface area contributed by atoms with Gasteiger partial charge in [0, 0.05) is 36.5 Å². The number of nitrogens with zero attached hydrogens (tertiary/aromatic N) is 1. The summed E-state index contributed by atoms with van der Waals surface area (Å²) < 4.78 is 23.8. The van der Waals surface area contributed by atoms with Gasteiger partial charge in [0.1, 0.15) is 0 Å². The summed E-state index contributed by atoms with van der Waals surface area (Å²) in [6.45, 7) is 11.2. The lowest BCUT2D eigenvalue weighted by Crippen LogP contribution is -2.70. The lowest BCUT2D eigenvalue weighted by molar-refractivity contribution is 0.00122. The molecule has 2 fully saturated rings. The Morgan fingerprint density at radius 1 is 1.19 bits per heavy atom. The average Bonchev–Trinajstić information content (AvgIpc) is 3.31. The Balaban J connectivity index is 2.13. The maximum Gasteiger partial charge on any atom is 0.151 e. The molecular formula is C16H32N2O2S. The van der Waals surface area contributed by atoms with Crippen LogP contribution in [0.3, 0.4) is 0 Å². The van der Waals surface area contributed by atoms with Crippen LogP contribution in [0.4, 0.5) is 0 Å². The SMILES string of the molecule is CCC1(CC)CNC(C)(C2CC2)CN1CCS(=O)(=O)CC. The third kappa shape index (κ3) is 3.62. The molecule has 1 heterocycles. The average molecular weight is 317 g/mol. The summed E-state index contributed by atoms with van der Waals surface area (Å²) in [5.74, 6) is 1.32. The fraction of sp³-hybridized carbons (Fsp3) is 1.00. The van der Waals surface area contributed by atoms with Crippen molar-refractivity contribution in [2.75, 3.05) is 31.1 Å². The number of hydrogen-bond donors (Lipinski definition) is 1. The molecule has 1 atom stereocenters. The summed E-state index contributed by atoms with van der Waals surface area (Å²) in [4.78, 5) is 2.48. The van der Waals surface area contributed by atoms with Crippen LogP contribution >= 0.6 is 0 Å². The molecular weight excluding hydrogens is 284 g/mol. The van der Waals surface area contributed by atoms with Gasteiger partial charge in [-0.25, -0.2) is 8.42 Å². The molecule has 0 radical (unpaired) electrons. The summed E-state index contributed by atoms with van der Waals surface area (Å²) >= 11 is 0. The minimum Gasteiger partial charge on any atom is -0.308 e. The van der Waals surface area contributed by atoms with E-state index in [1.807, 2.05) is 0 Å². The molecule has 1 saturated carbocycles. The van der Waals surface area contributed by atoms with Gasteiger partial charge < -0.3 is 5.32 Å². The van der Waals surface area contributed by atoms with E-state index in [1.54, 1.807) is 6.92 Å². The fourth-order valence-corrected chi connectivity index (χ4v) is 4.54. The van der Waals surface area contributed by atoms with Crippen molar-refractivity contribution in [3.05, 3.63) is 0 Å². The molecule has 1 unspecified atom stereocenters. The van der Waals surface area contributed by atoms with E-state index < -0.39 is 9.84 Å². The molecule has 0 aromatic rings. The van der Waals surface area contributed by atoms with E-state index >= 15 is 0 Å². The van der Waals surface area contributed by atoms with Crippen molar-refractivity contribution in [3.63, 3.8) is 0 Å². The van der Waals surface area contributed by atoms with Gasteiger partial charge in [-0.1, -0.05) is 20.8 Å². The summed E-state index contributed by atoms with van der Waals surface area (Å²) in [5, 5.41) is 3.80. The second kappa shape index (κ2) is 6.17. The Hall–Kier alpha value is -0.130. The normalized spacial score (nSPS) is 30.5. The summed E-state index contributed by atoms with van der Waals surface area (Å²) in [6, 6.07) is 0. The number of rotatable bonds is 7. The third-order valence-corrected chi connectivity index (χ3v) is 7.60. The lowest BCUT2D eigenvalue weighted by Gasteiger charge is -2.54. The molecule has 0 amide bonds. The molecule has 2 aliphatic rings. The highest BCUT2D eigenvalue weighted by molar-refractivity contribution is 7.91. The summed E-state index contributed by atoms with van der Waals surface area (Å²) in [5.41, 5.74) is 0.293. The smallest absolute Gasteiger partial charge is 0.151 e. The molecule has 0 aromatic heterocycles. The predicted octanol–water partition coefficient (Wildman–Crippen LogP) is 2.05. The van der Waals surface area contributed by atoms with E-state index in [2.05, 4.69) is 31.0 Å². The predicted molar refractivity (Wildman–Crippen MR) is 88.3 cm³/mol. The maximum absolute atomic E-state index is 11.9. The van der Waals surface area contributed by atoms with Crippen molar-refractivity contribution < 1.29 is 8.42 Å². The van der Waals surface area contributed by atoms with E-state index in [0.717, 1.165) is 31.8 Å². The Labute approximate surface area is 130 Å². The summed E-state index contributed by atoms with van der Waals surface area (Å²) in [6.07, 6.45) is 4.78. The first-order chi connectivity index (χ1) is 9.81. The van der Waals surface area contributed by atoms with Crippen LogP contribution in [0.1, 0.15) is 53.4 Å². The molecule has 1 aliphatic carbocycles. The van der Waals surface area contributed by atoms with Crippen LogP contribution in [-0.4, -0.2) is 55.5 Å². The van der Waals surface area contributed by atoms with Crippen LogP contribution in [0.5, 0.6) is 0 Å². The number of nitrogens with one attached hydrogen (secondary N) is 1. The summed E-state index contributed by atoms with van der Waals surface area (Å²) in [7, 11) is -2.89. The minimum atomic E-state index is -2.89. The van der Waals surface area contributed by atoms with Crippen molar-refractivity contribution in [1.29, 1.82) is 0 Å². The molecule has 5 heteroatoms. The van der Waals surface area contributed by atoms with Gasteiger partial charge in [0.2, 0.25) is 0 Å². The van der Waals surface area contributed by atoms with Crippen molar-refractivity contribution >= 4 is 9.84 Å². The molecule has 0 aromatic carbocycles. The first-order valence-electron chi connectivity index (χ1n) is 8.51. The highest BCUT2D eigenvalue weighted by atomic mass is 32.2. The molecule has 1 saturated heterocycles. The van der Waals surface area contributed by atoms with Gasteiger partial charge in [-0.05, 0) is 38.5 Å². The van der Waals surface area contributed by atoms with Crippen LogP contribution in [0.2, 0.25) is 0 Å². The Bertz CT molecular complexity index is 455. The molecule has 21 heavy (non-hydrogen) atoms. The highest BCUT2D eigenvalue weighted by Gasteiger charge is 2.49. The molecule has 4 nitrogen and oxygen atoms in total. The zero-order valence-electron chi connectivity index (χ0n) is 14.1. The minimum absolute atomic E-state index is 0.123. The molecule has 1 N–H and O–H groups in total. The van der Waals surface area contributed by atoms with Crippen LogP contribution in [0.15, 0.2) is 0 Å². The van der Waals surface area contributed by atoms with Gasteiger partial charge in [0.15, 0.2) is 9.84 Å². The van der Waals surface area contributed by atoms with Gasteiger partial charge >= 0.3 is 0 Å². The van der Waals surface area contributed by atoms with E-state index in [-0.39, 0.29) is 16.8 Å². The fourth-order valence-electron chi connectivity index (χ4n) is 3.75. The molecule has 0 bridgehead atoms. The third-order valence-electron chi connectivity index (χ3n) is 5.92. The zero-order valence-corrected chi connectivity index (χ0v) is 14.9. The largest absolute Gasteiger partial charge is 0.308 e. The lowest BCUT2D eigenvalue weighted by atomic mass is 9.82. The monoisotopic (exact) mass is 316 g/mol. The van der Waals surface area contributed by atoms with Crippen molar-refractivity contribution in [1.82, 2.24) is 10.2 Å². The molecule has 0 spiro atoms. The number of sulfone groups is 1. The Morgan fingerprint density at radius 3 is 2.29 bits per heavy atom. The quantitative estimate of drug-likeness (QED) is 0.781. The van der Waals surface area contributed by atoms with Crippen molar-refractivity contribution in [3.8, 4) is 0 Å². The van der Waals surface area contributed by atoms with Crippen molar-refractivity contribution in [2.45, 2.75) is 64.5 Å². The van der Waals surface area contributed by atoms with Crippen LogP contribution in [0.25, 0.3) is 0 Å². The number of piperazine rings is 1. The standard InChI is InChI=1S/C16H32N2O2S/c1-5-16(6-2)12-17-15(4,14-8-9-14)13-18(16)10-11-21(19,20)7-3/h14,17H,5-13H2,1-4H3. The van der Waals surface area contributed by atoms with Gasteiger partial charge in [-0.3, -0.25) is 4.90 Å². The van der Waals surface area contributed by atoms with Crippen LogP contribution in [-0.2, 0) is 9.84 Å². The van der Waals surface area contributed by atoms with Crippen molar-refractivity contribution in [2.24, 2.45) is 5.92 Å². The molecule has 2 rings (SSSR count). The molecule has 124 valence electrons. The topological polar surface area (TPSA) is 49.4 Å². The first kappa shape index (κ1) is 17.2. The second-order valence-electron chi connectivity index (χ2n) is 7.13. The van der Waals surface area contributed by atoms with Gasteiger partial charge in [-0.2, -0.15) is 0 Å². The number of hydrogen-bond acceptors (Lipinski definition) is 4. The van der Waals surface area contributed by atoms with Gasteiger partial charge in [0.25, 0.3) is 0 Å². The zero-order chi connectivity index (χ0) is 15.7. The Morgan fingerprint density at radius 2 is 1.81 bits per heavy atom. The van der Waals surface area contributed by atoms with E-state index in [9.17, 15) is 8.42 Å². The highest BCUT2D eigenvalue weighted by Crippen LogP contribution is 2.43. The van der Waals surface area contributed by atoms with E-state index in [4.69, 9.17) is 0 Å². The molecule has 1 aliphatic heterocycles. The van der Waals surface area contributed by atoms with Crippen LogP contribution in [0, 0.1) is 5.92 Å².